The Kier molecular flexibility index (Phi) is 5.07. The normalized spacial score (nSPS) is 22.9. The molecule has 1 aromatic carbocycles. The summed E-state index contributed by atoms with van der Waals surface area (Å²) in [7, 11) is 3.93. The minimum absolute atomic E-state index is 0.775. The molecule has 0 spiro atoms. The van der Waals surface area contributed by atoms with Gasteiger partial charge >= 0.3 is 0 Å². The van der Waals surface area contributed by atoms with E-state index in [4.69, 9.17) is 4.74 Å². The van der Waals surface area contributed by atoms with Gasteiger partial charge in [-0.1, -0.05) is 28.1 Å². The molecular weight excluding hydrogens is 290 g/mol. The van der Waals surface area contributed by atoms with Gasteiger partial charge in [-0.05, 0) is 49.9 Å². The Labute approximate surface area is 118 Å². The summed E-state index contributed by atoms with van der Waals surface area (Å²) in [6.07, 6.45) is 3.80. The lowest BCUT2D eigenvalue weighted by Crippen LogP contribution is -2.35. The van der Waals surface area contributed by atoms with E-state index >= 15 is 0 Å². The first-order chi connectivity index (χ1) is 8.67. The van der Waals surface area contributed by atoms with E-state index in [-0.39, 0.29) is 0 Å². The Balaban J connectivity index is 1.69. The average Bonchev–Trinajstić information content (AvgIpc) is 2.35. The minimum Gasteiger partial charge on any atom is -0.497 e. The fourth-order valence-electron chi connectivity index (χ4n) is 2.45. The van der Waals surface area contributed by atoms with E-state index in [2.05, 4.69) is 40.0 Å². The van der Waals surface area contributed by atoms with Crippen LogP contribution in [-0.4, -0.2) is 37.0 Å². The topological polar surface area (TPSA) is 12.5 Å². The Morgan fingerprint density at radius 3 is 2.50 bits per heavy atom. The molecule has 0 aliphatic heterocycles. The number of rotatable bonds is 6. The predicted octanol–water partition coefficient (Wildman–Crippen LogP) is 3.34. The summed E-state index contributed by atoms with van der Waals surface area (Å²) in [5.74, 6) is 1.83. The summed E-state index contributed by atoms with van der Waals surface area (Å²) >= 11 is 3.65. The van der Waals surface area contributed by atoms with E-state index in [1.165, 1.54) is 24.9 Å². The van der Waals surface area contributed by atoms with Gasteiger partial charge in [-0.2, -0.15) is 0 Å². The van der Waals surface area contributed by atoms with Gasteiger partial charge in [0.15, 0.2) is 0 Å². The van der Waals surface area contributed by atoms with Gasteiger partial charge < -0.3 is 9.64 Å². The molecule has 1 fully saturated rings. The fourth-order valence-corrected chi connectivity index (χ4v) is 3.50. The van der Waals surface area contributed by atoms with Crippen molar-refractivity contribution >= 4 is 15.9 Å². The van der Waals surface area contributed by atoms with Crippen molar-refractivity contribution < 1.29 is 4.74 Å². The van der Waals surface area contributed by atoms with Crippen LogP contribution in [0.3, 0.4) is 0 Å². The number of hydrogen-bond donors (Lipinski definition) is 0. The standard InChI is InChI=1S/C15H22BrNO/c1-17(11-13-9-14(16)10-13)8-7-12-3-5-15(18-2)6-4-12/h3-6,13-14H,7-11H2,1-2H3. The lowest BCUT2D eigenvalue weighted by Gasteiger charge is -2.34. The van der Waals surface area contributed by atoms with Crippen molar-refractivity contribution in [3.05, 3.63) is 29.8 Å². The molecule has 2 nitrogen and oxygen atoms in total. The van der Waals surface area contributed by atoms with Crippen LogP contribution in [0.15, 0.2) is 24.3 Å². The van der Waals surface area contributed by atoms with Crippen molar-refractivity contribution in [2.24, 2.45) is 5.92 Å². The number of methoxy groups -OCH3 is 1. The van der Waals surface area contributed by atoms with E-state index < -0.39 is 0 Å². The van der Waals surface area contributed by atoms with Crippen LogP contribution in [0.5, 0.6) is 5.75 Å². The first-order valence-corrected chi connectivity index (χ1v) is 7.54. The highest BCUT2D eigenvalue weighted by Crippen LogP contribution is 2.33. The molecule has 1 aromatic rings. The Morgan fingerprint density at radius 1 is 1.28 bits per heavy atom. The third-order valence-corrected chi connectivity index (χ3v) is 4.44. The van der Waals surface area contributed by atoms with E-state index in [1.807, 2.05) is 12.1 Å². The zero-order chi connectivity index (χ0) is 13.0. The molecule has 0 amide bonds. The molecule has 0 bridgehead atoms. The molecule has 0 heterocycles. The van der Waals surface area contributed by atoms with Gasteiger partial charge in [0, 0.05) is 17.9 Å². The average molecular weight is 312 g/mol. The number of ether oxygens (including phenoxy) is 1. The Hall–Kier alpha value is -0.540. The number of nitrogens with zero attached hydrogens (tertiary/aromatic N) is 1. The van der Waals surface area contributed by atoms with E-state index in [1.54, 1.807) is 7.11 Å². The molecule has 100 valence electrons. The Morgan fingerprint density at radius 2 is 1.94 bits per heavy atom. The molecule has 2 rings (SSSR count). The molecule has 0 atom stereocenters. The van der Waals surface area contributed by atoms with Crippen LogP contribution >= 0.6 is 15.9 Å². The predicted molar refractivity (Wildman–Crippen MR) is 79.6 cm³/mol. The maximum atomic E-state index is 5.16. The smallest absolute Gasteiger partial charge is 0.118 e. The minimum atomic E-state index is 0.775. The summed E-state index contributed by atoms with van der Waals surface area (Å²) in [5, 5.41) is 0. The van der Waals surface area contributed by atoms with Gasteiger partial charge in [-0.25, -0.2) is 0 Å². The molecule has 0 aromatic heterocycles. The number of alkyl halides is 1. The highest BCUT2D eigenvalue weighted by atomic mass is 79.9. The van der Waals surface area contributed by atoms with Crippen LogP contribution in [0.2, 0.25) is 0 Å². The molecule has 1 aliphatic rings. The Bertz CT molecular complexity index is 359. The molecule has 1 aliphatic carbocycles. The second-order valence-electron chi connectivity index (χ2n) is 5.30. The van der Waals surface area contributed by atoms with Crippen molar-refractivity contribution in [1.82, 2.24) is 4.90 Å². The van der Waals surface area contributed by atoms with Crippen LogP contribution in [0.25, 0.3) is 0 Å². The van der Waals surface area contributed by atoms with E-state index in [0.29, 0.717) is 0 Å². The second-order valence-corrected chi connectivity index (χ2v) is 6.59. The zero-order valence-electron chi connectivity index (χ0n) is 11.2. The highest BCUT2D eigenvalue weighted by Gasteiger charge is 2.27. The van der Waals surface area contributed by atoms with E-state index in [0.717, 1.165) is 29.5 Å². The highest BCUT2D eigenvalue weighted by molar-refractivity contribution is 9.09. The van der Waals surface area contributed by atoms with Crippen molar-refractivity contribution in [2.75, 3.05) is 27.2 Å². The van der Waals surface area contributed by atoms with Crippen LogP contribution in [0.4, 0.5) is 0 Å². The number of likely N-dealkylation sites (N-methyl/N-ethyl adjacent to an activating group) is 1. The summed E-state index contributed by atoms with van der Waals surface area (Å²) < 4.78 is 5.16. The molecule has 0 unspecified atom stereocenters. The lowest BCUT2D eigenvalue weighted by atomic mass is 9.85. The number of halogens is 1. The quantitative estimate of drug-likeness (QED) is 0.747. The summed E-state index contributed by atoms with van der Waals surface area (Å²) in [4.78, 5) is 3.23. The van der Waals surface area contributed by atoms with Crippen LogP contribution < -0.4 is 4.74 Å². The summed E-state index contributed by atoms with van der Waals surface area (Å²) in [6, 6.07) is 8.39. The van der Waals surface area contributed by atoms with Crippen LogP contribution in [0.1, 0.15) is 18.4 Å². The molecule has 0 radical (unpaired) electrons. The molecule has 1 saturated carbocycles. The van der Waals surface area contributed by atoms with E-state index in [9.17, 15) is 0 Å². The van der Waals surface area contributed by atoms with Gasteiger partial charge in [-0.15, -0.1) is 0 Å². The van der Waals surface area contributed by atoms with Crippen LogP contribution in [-0.2, 0) is 6.42 Å². The maximum absolute atomic E-state index is 5.16. The molecule has 3 heteroatoms. The number of benzene rings is 1. The molecular formula is C15H22BrNO. The summed E-state index contributed by atoms with van der Waals surface area (Å²) in [5.41, 5.74) is 1.38. The van der Waals surface area contributed by atoms with Crippen molar-refractivity contribution in [3.8, 4) is 5.75 Å². The first-order valence-electron chi connectivity index (χ1n) is 6.63. The molecule has 0 N–H and O–H groups in total. The summed E-state index contributed by atoms with van der Waals surface area (Å²) in [6.45, 7) is 2.37. The lowest BCUT2D eigenvalue weighted by molar-refractivity contribution is 0.215. The van der Waals surface area contributed by atoms with Gasteiger partial charge in [0.2, 0.25) is 0 Å². The first kappa shape index (κ1) is 13.9. The zero-order valence-corrected chi connectivity index (χ0v) is 12.8. The van der Waals surface area contributed by atoms with Gasteiger partial charge in [0.1, 0.15) is 5.75 Å². The third-order valence-electron chi connectivity index (χ3n) is 3.69. The largest absolute Gasteiger partial charge is 0.497 e. The van der Waals surface area contributed by atoms with Crippen LogP contribution in [0, 0.1) is 5.92 Å². The van der Waals surface area contributed by atoms with Gasteiger partial charge in [0.25, 0.3) is 0 Å². The maximum Gasteiger partial charge on any atom is 0.118 e. The third kappa shape index (κ3) is 3.99. The van der Waals surface area contributed by atoms with Crippen molar-refractivity contribution in [3.63, 3.8) is 0 Å². The van der Waals surface area contributed by atoms with Gasteiger partial charge in [-0.3, -0.25) is 0 Å². The van der Waals surface area contributed by atoms with Gasteiger partial charge in [0.05, 0.1) is 7.11 Å². The monoisotopic (exact) mass is 311 g/mol. The number of hydrogen-bond acceptors (Lipinski definition) is 2. The van der Waals surface area contributed by atoms with Crippen molar-refractivity contribution in [1.29, 1.82) is 0 Å². The molecule has 0 saturated heterocycles. The molecule has 18 heavy (non-hydrogen) atoms. The fraction of sp³-hybridized carbons (Fsp3) is 0.600. The second kappa shape index (κ2) is 6.58. The van der Waals surface area contributed by atoms with Crippen molar-refractivity contribution in [2.45, 2.75) is 24.1 Å². The SMILES string of the molecule is COc1ccc(CCN(C)CC2CC(Br)C2)cc1.